The van der Waals surface area contributed by atoms with E-state index in [1.54, 1.807) is 6.07 Å². The maximum atomic E-state index is 11.4. The van der Waals surface area contributed by atoms with E-state index >= 15 is 0 Å². The molecule has 0 saturated heterocycles. The molecule has 0 radical (unpaired) electrons. The number of benzene rings is 2. The molecule has 0 unspecified atom stereocenters. The molecule has 1 heterocycles. The predicted octanol–water partition coefficient (Wildman–Crippen LogP) is 4.10. The molecule has 3 rings (SSSR count). The van der Waals surface area contributed by atoms with E-state index in [9.17, 15) is 9.90 Å². The smallest absolute Gasteiger partial charge is 0.336 e. The molecule has 0 fully saturated rings. The van der Waals surface area contributed by atoms with Crippen molar-refractivity contribution < 1.29 is 9.90 Å². The van der Waals surface area contributed by atoms with Gasteiger partial charge in [-0.25, -0.2) is 4.79 Å². The minimum Gasteiger partial charge on any atom is -0.478 e. The second kappa shape index (κ2) is 5.90. The van der Waals surface area contributed by atoms with Crippen LogP contribution >= 0.6 is 15.9 Å². The molecular weight excluding hydrogens is 330 g/mol. The number of nitrogens with zero attached hydrogens (tertiary/aromatic N) is 1. The third kappa shape index (κ3) is 2.95. The second-order valence-electron chi connectivity index (χ2n) is 5.26. The van der Waals surface area contributed by atoms with Crippen LogP contribution in [0.1, 0.15) is 27.9 Å². The number of carboxylic acid groups (broad SMARTS) is 1. The van der Waals surface area contributed by atoms with Crippen LogP contribution in [0.4, 0.5) is 5.69 Å². The normalized spacial score (nSPS) is 13.9. The Labute approximate surface area is 132 Å². The fourth-order valence-corrected chi connectivity index (χ4v) is 3.37. The van der Waals surface area contributed by atoms with Gasteiger partial charge in [-0.15, -0.1) is 0 Å². The van der Waals surface area contributed by atoms with Gasteiger partial charge in [0.2, 0.25) is 0 Å². The molecule has 0 aliphatic carbocycles. The van der Waals surface area contributed by atoms with E-state index in [0.29, 0.717) is 5.56 Å². The van der Waals surface area contributed by atoms with Gasteiger partial charge in [-0.2, -0.15) is 0 Å². The Morgan fingerprint density at radius 2 is 2.05 bits per heavy atom. The number of halogens is 1. The Balaban J connectivity index is 1.94. The predicted molar refractivity (Wildman–Crippen MR) is 86.9 cm³/mol. The molecule has 0 aromatic heterocycles. The van der Waals surface area contributed by atoms with Crippen molar-refractivity contribution in [1.29, 1.82) is 0 Å². The fraction of sp³-hybridized carbons (Fsp3) is 0.235. The summed E-state index contributed by atoms with van der Waals surface area (Å²) in [5.74, 6) is -0.837. The third-order valence-corrected chi connectivity index (χ3v) is 4.33. The Bertz CT molecular complexity index is 684. The van der Waals surface area contributed by atoms with Crippen molar-refractivity contribution in [3.05, 3.63) is 63.6 Å². The summed E-state index contributed by atoms with van der Waals surface area (Å²) in [6.07, 6.45) is 1.83. The van der Waals surface area contributed by atoms with E-state index in [-0.39, 0.29) is 0 Å². The molecule has 0 amide bonds. The van der Waals surface area contributed by atoms with Gasteiger partial charge in [0.1, 0.15) is 0 Å². The molecule has 108 valence electrons. The monoisotopic (exact) mass is 345 g/mol. The van der Waals surface area contributed by atoms with Crippen molar-refractivity contribution in [1.82, 2.24) is 0 Å². The highest BCUT2D eigenvalue weighted by Crippen LogP contribution is 2.31. The summed E-state index contributed by atoms with van der Waals surface area (Å²) < 4.78 is 1.07. The van der Waals surface area contributed by atoms with Crippen molar-refractivity contribution in [2.75, 3.05) is 11.4 Å². The third-order valence-electron chi connectivity index (χ3n) is 3.84. The van der Waals surface area contributed by atoms with Gasteiger partial charge < -0.3 is 10.0 Å². The molecule has 2 aromatic carbocycles. The number of aromatic carboxylic acids is 1. The lowest BCUT2D eigenvalue weighted by Crippen LogP contribution is -2.29. The molecule has 2 aromatic rings. The van der Waals surface area contributed by atoms with Gasteiger partial charge in [0.15, 0.2) is 0 Å². The highest BCUT2D eigenvalue weighted by molar-refractivity contribution is 9.10. The van der Waals surface area contributed by atoms with Crippen LogP contribution in [0.25, 0.3) is 0 Å². The summed E-state index contributed by atoms with van der Waals surface area (Å²) in [5, 5.41) is 9.33. The van der Waals surface area contributed by atoms with E-state index < -0.39 is 5.97 Å². The highest BCUT2D eigenvalue weighted by atomic mass is 79.9. The molecule has 0 bridgehead atoms. The number of hydrogen-bond acceptors (Lipinski definition) is 2. The summed E-state index contributed by atoms with van der Waals surface area (Å²) in [6.45, 7) is 1.76. The molecular formula is C17H16BrNO2. The molecule has 3 nitrogen and oxygen atoms in total. The highest BCUT2D eigenvalue weighted by Gasteiger charge is 2.21. The number of carboxylic acids is 1. The van der Waals surface area contributed by atoms with Crippen LogP contribution in [0.5, 0.6) is 0 Å². The Morgan fingerprint density at radius 3 is 2.81 bits per heavy atom. The molecule has 0 spiro atoms. The van der Waals surface area contributed by atoms with Gasteiger partial charge in [-0.1, -0.05) is 34.1 Å². The van der Waals surface area contributed by atoms with Crippen LogP contribution in [0.15, 0.2) is 46.9 Å². The largest absolute Gasteiger partial charge is 0.478 e. The zero-order valence-corrected chi connectivity index (χ0v) is 13.1. The van der Waals surface area contributed by atoms with Crippen molar-refractivity contribution in [3.63, 3.8) is 0 Å². The van der Waals surface area contributed by atoms with Crippen LogP contribution in [0, 0.1) is 0 Å². The van der Waals surface area contributed by atoms with Crippen LogP contribution in [0.2, 0.25) is 0 Å². The number of anilines is 1. The number of hydrogen-bond donors (Lipinski definition) is 1. The molecule has 1 aliphatic heterocycles. The van der Waals surface area contributed by atoms with E-state index in [0.717, 1.165) is 41.7 Å². The van der Waals surface area contributed by atoms with Crippen LogP contribution in [-0.4, -0.2) is 17.6 Å². The number of rotatable bonds is 3. The SMILES string of the molecule is O=C(O)c1cccc2c1CCCN2Cc1cccc(Br)c1. The van der Waals surface area contributed by atoms with Crippen LogP contribution in [-0.2, 0) is 13.0 Å². The van der Waals surface area contributed by atoms with Crippen molar-refractivity contribution in [2.45, 2.75) is 19.4 Å². The molecule has 4 heteroatoms. The quantitative estimate of drug-likeness (QED) is 0.910. The Kier molecular flexibility index (Phi) is 3.97. The van der Waals surface area contributed by atoms with Gasteiger partial charge >= 0.3 is 5.97 Å². The van der Waals surface area contributed by atoms with Crippen LogP contribution < -0.4 is 4.90 Å². The first-order valence-electron chi connectivity index (χ1n) is 7.00. The van der Waals surface area contributed by atoms with E-state index in [1.807, 2.05) is 24.3 Å². The Morgan fingerprint density at radius 1 is 1.24 bits per heavy atom. The lowest BCUT2D eigenvalue weighted by atomic mass is 9.96. The van der Waals surface area contributed by atoms with E-state index in [4.69, 9.17) is 0 Å². The Hall–Kier alpha value is -1.81. The fourth-order valence-electron chi connectivity index (χ4n) is 2.92. The first-order chi connectivity index (χ1) is 10.1. The standard InChI is InChI=1S/C17H16BrNO2/c18-13-5-1-4-12(10-13)11-19-9-3-7-14-15(17(20)21)6-2-8-16(14)19/h1-2,4-6,8,10H,3,7,9,11H2,(H,20,21). The molecule has 0 saturated carbocycles. The lowest BCUT2D eigenvalue weighted by molar-refractivity contribution is 0.0695. The summed E-state index contributed by atoms with van der Waals surface area (Å²) in [6, 6.07) is 13.8. The van der Waals surface area contributed by atoms with Gasteiger partial charge in [0, 0.05) is 23.2 Å². The minimum atomic E-state index is -0.837. The molecule has 21 heavy (non-hydrogen) atoms. The minimum absolute atomic E-state index is 0.437. The van der Waals surface area contributed by atoms with E-state index in [1.165, 1.54) is 5.56 Å². The number of fused-ring (bicyclic) bond motifs is 1. The first kappa shape index (κ1) is 14.1. The maximum Gasteiger partial charge on any atom is 0.336 e. The van der Waals surface area contributed by atoms with Crippen molar-refractivity contribution in [3.8, 4) is 0 Å². The van der Waals surface area contributed by atoms with Crippen molar-refractivity contribution >= 4 is 27.6 Å². The average Bonchev–Trinajstić information content (AvgIpc) is 2.47. The second-order valence-corrected chi connectivity index (χ2v) is 6.18. The molecule has 1 N–H and O–H groups in total. The van der Waals surface area contributed by atoms with Crippen LogP contribution in [0.3, 0.4) is 0 Å². The average molecular weight is 346 g/mol. The summed E-state index contributed by atoms with van der Waals surface area (Å²) in [5.41, 5.74) is 3.68. The van der Waals surface area contributed by atoms with E-state index in [2.05, 4.69) is 33.0 Å². The molecule has 1 aliphatic rings. The first-order valence-corrected chi connectivity index (χ1v) is 7.79. The van der Waals surface area contributed by atoms with Gasteiger partial charge in [0.05, 0.1) is 5.56 Å². The van der Waals surface area contributed by atoms with Crippen molar-refractivity contribution in [2.24, 2.45) is 0 Å². The number of carbonyl (C=O) groups is 1. The zero-order valence-electron chi connectivity index (χ0n) is 11.6. The zero-order chi connectivity index (χ0) is 14.8. The van der Waals surface area contributed by atoms with Gasteiger partial charge in [-0.3, -0.25) is 0 Å². The molecule has 0 atom stereocenters. The lowest BCUT2D eigenvalue weighted by Gasteiger charge is -2.32. The van der Waals surface area contributed by atoms with Gasteiger partial charge in [0.25, 0.3) is 0 Å². The summed E-state index contributed by atoms with van der Waals surface area (Å²) >= 11 is 3.49. The summed E-state index contributed by atoms with van der Waals surface area (Å²) in [7, 11) is 0. The summed E-state index contributed by atoms with van der Waals surface area (Å²) in [4.78, 5) is 13.6. The topological polar surface area (TPSA) is 40.5 Å². The van der Waals surface area contributed by atoms with Gasteiger partial charge in [-0.05, 0) is 48.2 Å². The maximum absolute atomic E-state index is 11.4.